The first-order valence-electron chi connectivity index (χ1n) is 6.43. The zero-order valence-electron chi connectivity index (χ0n) is 11.2. The van der Waals surface area contributed by atoms with E-state index in [0.717, 1.165) is 5.56 Å². The van der Waals surface area contributed by atoms with E-state index in [9.17, 15) is 14.7 Å². The summed E-state index contributed by atoms with van der Waals surface area (Å²) >= 11 is 0. The lowest BCUT2D eigenvalue weighted by Gasteiger charge is -2.17. The SMILES string of the molecule is O=C(O)c1ccccc1N[C@@H](Cc1ccccc1)C(=O)O. The van der Waals surface area contributed by atoms with Gasteiger partial charge in [0.1, 0.15) is 6.04 Å². The molecule has 1 atom stereocenters. The molecule has 21 heavy (non-hydrogen) atoms. The van der Waals surface area contributed by atoms with Gasteiger partial charge >= 0.3 is 11.9 Å². The van der Waals surface area contributed by atoms with Gasteiger partial charge in [0, 0.05) is 12.1 Å². The van der Waals surface area contributed by atoms with Crippen LogP contribution in [0.3, 0.4) is 0 Å². The van der Waals surface area contributed by atoms with Crippen LogP contribution in [-0.2, 0) is 11.2 Å². The second kappa shape index (κ2) is 6.56. The Labute approximate surface area is 121 Å². The van der Waals surface area contributed by atoms with Gasteiger partial charge in [-0.15, -0.1) is 0 Å². The van der Waals surface area contributed by atoms with Crippen LogP contribution in [0.25, 0.3) is 0 Å². The molecule has 2 aromatic carbocycles. The van der Waals surface area contributed by atoms with Crippen molar-refractivity contribution in [2.75, 3.05) is 5.32 Å². The molecule has 2 aromatic rings. The van der Waals surface area contributed by atoms with Crippen molar-refractivity contribution >= 4 is 17.6 Å². The molecule has 0 aliphatic carbocycles. The second-order valence-corrected chi connectivity index (χ2v) is 4.58. The summed E-state index contributed by atoms with van der Waals surface area (Å²) in [6, 6.07) is 14.6. The van der Waals surface area contributed by atoms with Gasteiger partial charge in [-0.2, -0.15) is 0 Å². The number of benzene rings is 2. The van der Waals surface area contributed by atoms with Crippen molar-refractivity contribution in [3.63, 3.8) is 0 Å². The number of aromatic carboxylic acids is 1. The smallest absolute Gasteiger partial charge is 0.337 e. The summed E-state index contributed by atoms with van der Waals surface area (Å²) in [5.41, 5.74) is 1.22. The highest BCUT2D eigenvalue weighted by Crippen LogP contribution is 2.17. The third-order valence-corrected chi connectivity index (χ3v) is 3.07. The molecule has 5 nitrogen and oxygen atoms in total. The monoisotopic (exact) mass is 285 g/mol. The summed E-state index contributed by atoms with van der Waals surface area (Å²) < 4.78 is 0. The lowest BCUT2D eigenvalue weighted by Crippen LogP contribution is -2.32. The molecule has 0 saturated carbocycles. The molecular formula is C16H15NO4. The Kier molecular flexibility index (Phi) is 4.56. The van der Waals surface area contributed by atoms with E-state index in [0.29, 0.717) is 5.69 Å². The molecule has 0 bridgehead atoms. The fourth-order valence-electron chi connectivity index (χ4n) is 2.03. The van der Waals surface area contributed by atoms with Crippen molar-refractivity contribution in [2.45, 2.75) is 12.5 Å². The van der Waals surface area contributed by atoms with E-state index in [2.05, 4.69) is 5.32 Å². The van der Waals surface area contributed by atoms with E-state index in [1.165, 1.54) is 6.07 Å². The van der Waals surface area contributed by atoms with Crippen LogP contribution in [0.2, 0.25) is 0 Å². The average molecular weight is 285 g/mol. The maximum Gasteiger partial charge on any atom is 0.337 e. The maximum atomic E-state index is 11.4. The zero-order chi connectivity index (χ0) is 15.2. The summed E-state index contributed by atoms with van der Waals surface area (Å²) in [5.74, 6) is -2.12. The van der Waals surface area contributed by atoms with Gasteiger partial charge in [0.05, 0.1) is 5.56 Å². The van der Waals surface area contributed by atoms with Crippen LogP contribution in [0.15, 0.2) is 54.6 Å². The molecule has 108 valence electrons. The molecule has 3 N–H and O–H groups in total. The van der Waals surface area contributed by atoms with Gasteiger partial charge < -0.3 is 15.5 Å². The van der Waals surface area contributed by atoms with Gasteiger partial charge in [-0.05, 0) is 17.7 Å². The van der Waals surface area contributed by atoms with E-state index >= 15 is 0 Å². The number of para-hydroxylation sites is 1. The number of carbonyl (C=O) groups is 2. The molecule has 0 radical (unpaired) electrons. The molecule has 0 aromatic heterocycles. The second-order valence-electron chi connectivity index (χ2n) is 4.58. The lowest BCUT2D eigenvalue weighted by molar-refractivity contribution is -0.137. The topological polar surface area (TPSA) is 86.6 Å². The third-order valence-electron chi connectivity index (χ3n) is 3.07. The van der Waals surface area contributed by atoms with Crippen molar-refractivity contribution in [3.8, 4) is 0 Å². The number of hydrogen-bond donors (Lipinski definition) is 3. The van der Waals surface area contributed by atoms with Gasteiger partial charge in [0.25, 0.3) is 0 Å². The van der Waals surface area contributed by atoms with E-state index in [1.54, 1.807) is 18.2 Å². The van der Waals surface area contributed by atoms with Crippen molar-refractivity contribution in [3.05, 3.63) is 65.7 Å². The highest BCUT2D eigenvalue weighted by atomic mass is 16.4. The summed E-state index contributed by atoms with van der Waals surface area (Å²) in [6.45, 7) is 0. The molecule has 0 unspecified atom stereocenters. The minimum atomic E-state index is -1.10. The maximum absolute atomic E-state index is 11.4. The number of carboxylic acids is 2. The summed E-state index contributed by atoms with van der Waals surface area (Å²) in [7, 11) is 0. The molecule has 2 rings (SSSR count). The molecule has 0 aliphatic rings. The number of rotatable bonds is 6. The van der Waals surface area contributed by atoms with Crippen LogP contribution in [0.4, 0.5) is 5.69 Å². The number of carboxylic acid groups (broad SMARTS) is 2. The first kappa shape index (κ1) is 14.6. The number of aliphatic carboxylic acids is 1. The molecule has 0 amide bonds. The predicted molar refractivity (Wildman–Crippen MR) is 78.6 cm³/mol. The number of anilines is 1. The van der Waals surface area contributed by atoms with Crippen molar-refractivity contribution in [1.82, 2.24) is 0 Å². The summed E-state index contributed by atoms with van der Waals surface area (Å²) in [6.07, 6.45) is 0.268. The van der Waals surface area contributed by atoms with E-state index in [4.69, 9.17) is 5.11 Å². The molecule has 0 fully saturated rings. The van der Waals surface area contributed by atoms with E-state index in [-0.39, 0.29) is 12.0 Å². The standard InChI is InChI=1S/C16H15NO4/c18-15(19)12-8-4-5-9-13(12)17-14(16(20)21)10-11-6-2-1-3-7-11/h1-9,14,17H,10H2,(H,18,19)(H,20,21)/t14-/m0/s1. The Hall–Kier alpha value is -2.82. The zero-order valence-corrected chi connectivity index (χ0v) is 11.2. The highest BCUT2D eigenvalue weighted by Gasteiger charge is 2.20. The average Bonchev–Trinajstić information content (AvgIpc) is 2.48. The van der Waals surface area contributed by atoms with Crippen molar-refractivity contribution in [1.29, 1.82) is 0 Å². The van der Waals surface area contributed by atoms with Gasteiger partial charge in [0.2, 0.25) is 0 Å². The van der Waals surface area contributed by atoms with E-state index < -0.39 is 18.0 Å². The van der Waals surface area contributed by atoms with Gasteiger partial charge in [-0.1, -0.05) is 42.5 Å². The number of nitrogens with one attached hydrogen (secondary N) is 1. The van der Waals surface area contributed by atoms with Crippen LogP contribution >= 0.6 is 0 Å². The minimum Gasteiger partial charge on any atom is -0.480 e. The molecule has 5 heteroatoms. The van der Waals surface area contributed by atoms with Crippen LogP contribution in [0.5, 0.6) is 0 Å². The van der Waals surface area contributed by atoms with Crippen LogP contribution in [0, 0.1) is 0 Å². The Bertz CT molecular complexity index is 640. The van der Waals surface area contributed by atoms with Crippen LogP contribution in [0.1, 0.15) is 15.9 Å². The third kappa shape index (κ3) is 3.82. The molecule has 0 saturated heterocycles. The van der Waals surface area contributed by atoms with Crippen LogP contribution in [-0.4, -0.2) is 28.2 Å². The predicted octanol–water partition coefficient (Wildman–Crippen LogP) is 2.49. The van der Waals surface area contributed by atoms with Crippen LogP contribution < -0.4 is 5.32 Å². The molecule has 0 aliphatic heterocycles. The Morgan fingerprint density at radius 3 is 2.19 bits per heavy atom. The number of hydrogen-bond acceptors (Lipinski definition) is 3. The first-order chi connectivity index (χ1) is 10.1. The minimum absolute atomic E-state index is 0.0526. The van der Waals surface area contributed by atoms with Gasteiger partial charge in [-0.3, -0.25) is 0 Å². The summed E-state index contributed by atoms with van der Waals surface area (Å²) in [5, 5.41) is 21.2. The fourth-order valence-corrected chi connectivity index (χ4v) is 2.03. The molecule has 0 heterocycles. The Morgan fingerprint density at radius 2 is 1.57 bits per heavy atom. The van der Waals surface area contributed by atoms with Gasteiger partial charge in [-0.25, -0.2) is 9.59 Å². The van der Waals surface area contributed by atoms with Crippen molar-refractivity contribution < 1.29 is 19.8 Å². The highest BCUT2D eigenvalue weighted by molar-refractivity contribution is 5.95. The first-order valence-corrected chi connectivity index (χ1v) is 6.43. The fraction of sp³-hybridized carbons (Fsp3) is 0.125. The molecule has 0 spiro atoms. The Morgan fingerprint density at radius 1 is 0.952 bits per heavy atom. The van der Waals surface area contributed by atoms with E-state index in [1.807, 2.05) is 30.3 Å². The normalized spacial score (nSPS) is 11.6. The largest absolute Gasteiger partial charge is 0.480 e. The Balaban J connectivity index is 2.21. The van der Waals surface area contributed by atoms with Gasteiger partial charge in [0.15, 0.2) is 0 Å². The lowest BCUT2D eigenvalue weighted by atomic mass is 10.0. The summed E-state index contributed by atoms with van der Waals surface area (Å²) in [4.78, 5) is 22.5. The van der Waals surface area contributed by atoms with Crippen molar-refractivity contribution in [2.24, 2.45) is 0 Å². The molecular weight excluding hydrogens is 270 g/mol. The quantitative estimate of drug-likeness (QED) is 0.759.